The molecule has 0 spiro atoms. The Labute approximate surface area is 182 Å². The molecule has 0 radical (unpaired) electrons. The van der Waals surface area contributed by atoms with E-state index in [4.69, 9.17) is 9.15 Å². The first-order chi connectivity index (χ1) is 15.2. The van der Waals surface area contributed by atoms with Crippen LogP contribution in [0.15, 0.2) is 83.5 Å². The number of likely N-dealkylation sites (N-methyl/N-ethyl adjacent to an activating group) is 1. The molecule has 0 saturated heterocycles. The van der Waals surface area contributed by atoms with E-state index in [-0.39, 0.29) is 5.75 Å². The standard InChI is InChI=1S/C27H27NO3/c1-3-25(21-8-13-26-22(18-21)14-16-31-26)27(19-4-9-23(29)10-5-19)20-6-11-24(12-7-20)30-17-15-28-2/h4-14,16,18,28-29H,3,15,17H2,1-2H3. The van der Waals surface area contributed by atoms with Gasteiger partial charge in [0.15, 0.2) is 0 Å². The molecule has 0 bridgehead atoms. The van der Waals surface area contributed by atoms with Crippen molar-refractivity contribution in [1.29, 1.82) is 0 Å². The Hall–Kier alpha value is -3.50. The lowest BCUT2D eigenvalue weighted by Crippen LogP contribution is -2.15. The highest BCUT2D eigenvalue weighted by atomic mass is 16.5. The minimum Gasteiger partial charge on any atom is -0.508 e. The van der Waals surface area contributed by atoms with Crippen LogP contribution in [0, 0.1) is 0 Å². The van der Waals surface area contributed by atoms with Crippen LogP contribution >= 0.6 is 0 Å². The molecule has 31 heavy (non-hydrogen) atoms. The fraction of sp³-hybridized carbons (Fsp3) is 0.185. The molecular weight excluding hydrogens is 386 g/mol. The fourth-order valence-corrected chi connectivity index (χ4v) is 3.81. The first-order valence-electron chi connectivity index (χ1n) is 10.6. The maximum atomic E-state index is 9.81. The van der Waals surface area contributed by atoms with Crippen molar-refractivity contribution in [1.82, 2.24) is 5.32 Å². The van der Waals surface area contributed by atoms with Gasteiger partial charge in [-0.3, -0.25) is 0 Å². The molecule has 3 aromatic carbocycles. The lowest BCUT2D eigenvalue weighted by molar-refractivity contribution is 0.318. The molecule has 0 fully saturated rings. The van der Waals surface area contributed by atoms with E-state index in [1.807, 2.05) is 43.4 Å². The molecule has 0 atom stereocenters. The summed E-state index contributed by atoms with van der Waals surface area (Å²) < 4.78 is 11.3. The number of ether oxygens (including phenoxy) is 1. The van der Waals surface area contributed by atoms with Crippen LogP contribution in [0.5, 0.6) is 11.5 Å². The minimum absolute atomic E-state index is 0.259. The van der Waals surface area contributed by atoms with Crippen LogP contribution in [0.2, 0.25) is 0 Å². The van der Waals surface area contributed by atoms with E-state index in [9.17, 15) is 5.11 Å². The number of hydrogen-bond donors (Lipinski definition) is 2. The number of benzene rings is 3. The highest BCUT2D eigenvalue weighted by molar-refractivity contribution is 6.00. The van der Waals surface area contributed by atoms with Gasteiger partial charge in [-0.1, -0.05) is 37.3 Å². The van der Waals surface area contributed by atoms with Gasteiger partial charge in [0.1, 0.15) is 23.7 Å². The van der Waals surface area contributed by atoms with E-state index in [0.29, 0.717) is 6.61 Å². The molecule has 0 amide bonds. The number of hydrogen-bond acceptors (Lipinski definition) is 4. The molecule has 1 heterocycles. The van der Waals surface area contributed by atoms with E-state index in [0.717, 1.165) is 51.9 Å². The van der Waals surface area contributed by atoms with Gasteiger partial charge in [0, 0.05) is 11.9 Å². The summed E-state index contributed by atoms with van der Waals surface area (Å²) in [5.74, 6) is 1.11. The molecule has 0 unspecified atom stereocenters. The summed E-state index contributed by atoms with van der Waals surface area (Å²) in [5, 5.41) is 14.0. The summed E-state index contributed by atoms with van der Waals surface area (Å²) in [6, 6.07) is 23.9. The zero-order valence-electron chi connectivity index (χ0n) is 17.9. The zero-order valence-corrected chi connectivity index (χ0v) is 17.9. The van der Waals surface area contributed by atoms with Gasteiger partial charge < -0.3 is 19.6 Å². The summed E-state index contributed by atoms with van der Waals surface area (Å²) in [5.41, 5.74) is 6.59. The highest BCUT2D eigenvalue weighted by Gasteiger charge is 2.14. The zero-order chi connectivity index (χ0) is 21.6. The largest absolute Gasteiger partial charge is 0.508 e. The molecule has 2 N–H and O–H groups in total. The van der Waals surface area contributed by atoms with Crippen LogP contribution in [0.3, 0.4) is 0 Å². The molecule has 0 aliphatic heterocycles. The summed E-state index contributed by atoms with van der Waals surface area (Å²) in [7, 11) is 1.91. The third-order valence-electron chi connectivity index (χ3n) is 5.38. The Bertz CT molecular complexity index is 1170. The number of nitrogens with one attached hydrogen (secondary N) is 1. The average molecular weight is 414 g/mol. The second-order valence-corrected chi connectivity index (χ2v) is 7.40. The predicted molar refractivity (Wildman–Crippen MR) is 126 cm³/mol. The lowest BCUT2D eigenvalue weighted by atomic mass is 9.88. The monoisotopic (exact) mass is 413 g/mol. The number of furan rings is 1. The van der Waals surface area contributed by atoms with Crippen molar-refractivity contribution in [2.24, 2.45) is 0 Å². The Morgan fingerprint density at radius 2 is 1.58 bits per heavy atom. The van der Waals surface area contributed by atoms with Crippen LogP contribution in [-0.4, -0.2) is 25.3 Å². The first-order valence-corrected chi connectivity index (χ1v) is 10.6. The van der Waals surface area contributed by atoms with E-state index in [2.05, 4.69) is 36.5 Å². The molecule has 4 heteroatoms. The van der Waals surface area contributed by atoms with Gasteiger partial charge in [0.05, 0.1) is 6.26 Å². The third-order valence-corrected chi connectivity index (χ3v) is 5.38. The number of allylic oxidation sites excluding steroid dienone is 1. The van der Waals surface area contributed by atoms with Gasteiger partial charge in [-0.25, -0.2) is 0 Å². The SMILES string of the molecule is CCC(=C(c1ccc(O)cc1)c1ccc(OCCNC)cc1)c1ccc2occc2c1. The van der Waals surface area contributed by atoms with E-state index < -0.39 is 0 Å². The predicted octanol–water partition coefficient (Wildman–Crippen LogP) is 6.11. The number of aromatic hydroxyl groups is 1. The van der Waals surface area contributed by atoms with Gasteiger partial charge in [-0.05, 0) is 83.8 Å². The van der Waals surface area contributed by atoms with E-state index in [1.54, 1.807) is 18.4 Å². The van der Waals surface area contributed by atoms with Crippen molar-refractivity contribution in [3.63, 3.8) is 0 Å². The second kappa shape index (κ2) is 9.54. The van der Waals surface area contributed by atoms with Crippen molar-refractivity contribution >= 4 is 22.1 Å². The van der Waals surface area contributed by atoms with E-state index >= 15 is 0 Å². The Morgan fingerprint density at radius 3 is 2.26 bits per heavy atom. The summed E-state index contributed by atoms with van der Waals surface area (Å²) >= 11 is 0. The fourth-order valence-electron chi connectivity index (χ4n) is 3.81. The van der Waals surface area contributed by atoms with Gasteiger partial charge in [-0.15, -0.1) is 0 Å². The quantitative estimate of drug-likeness (QED) is 0.270. The average Bonchev–Trinajstić information content (AvgIpc) is 3.27. The van der Waals surface area contributed by atoms with Crippen molar-refractivity contribution < 1.29 is 14.3 Å². The third kappa shape index (κ3) is 4.65. The maximum Gasteiger partial charge on any atom is 0.133 e. The van der Waals surface area contributed by atoms with Crippen molar-refractivity contribution in [2.75, 3.05) is 20.2 Å². The number of rotatable bonds is 8. The minimum atomic E-state index is 0.259. The normalized spacial score (nSPS) is 12.1. The Morgan fingerprint density at radius 1 is 0.903 bits per heavy atom. The molecule has 4 aromatic rings. The Kier molecular flexibility index (Phi) is 6.39. The molecule has 4 nitrogen and oxygen atoms in total. The maximum absolute atomic E-state index is 9.81. The molecule has 1 aromatic heterocycles. The second-order valence-electron chi connectivity index (χ2n) is 7.40. The molecule has 0 aliphatic rings. The molecule has 4 rings (SSSR count). The van der Waals surface area contributed by atoms with Gasteiger partial charge in [0.25, 0.3) is 0 Å². The number of fused-ring (bicyclic) bond motifs is 1. The number of phenolic OH excluding ortho intramolecular Hbond substituents is 1. The van der Waals surface area contributed by atoms with Crippen LogP contribution in [0.1, 0.15) is 30.0 Å². The summed E-state index contributed by atoms with van der Waals surface area (Å²) in [6.07, 6.45) is 2.58. The summed E-state index contributed by atoms with van der Waals surface area (Å²) in [4.78, 5) is 0. The van der Waals surface area contributed by atoms with Crippen LogP contribution in [0.25, 0.3) is 22.1 Å². The lowest BCUT2D eigenvalue weighted by Gasteiger charge is -2.17. The summed E-state index contributed by atoms with van der Waals surface area (Å²) in [6.45, 7) is 3.60. The highest BCUT2D eigenvalue weighted by Crippen LogP contribution is 2.36. The van der Waals surface area contributed by atoms with Gasteiger partial charge in [-0.2, -0.15) is 0 Å². The van der Waals surface area contributed by atoms with Crippen molar-refractivity contribution in [3.05, 3.63) is 95.7 Å². The smallest absolute Gasteiger partial charge is 0.133 e. The van der Waals surface area contributed by atoms with E-state index in [1.165, 1.54) is 5.57 Å². The first kappa shape index (κ1) is 20.8. The molecular formula is C27H27NO3. The van der Waals surface area contributed by atoms with Gasteiger partial charge in [0.2, 0.25) is 0 Å². The Balaban J connectivity index is 1.82. The van der Waals surface area contributed by atoms with Gasteiger partial charge >= 0.3 is 0 Å². The van der Waals surface area contributed by atoms with Crippen molar-refractivity contribution in [2.45, 2.75) is 13.3 Å². The van der Waals surface area contributed by atoms with Crippen LogP contribution in [-0.2, 0) is 0 Å². The molecule has 0 saturated carbocycles. The number of phenols is 1. The molecule has 158 valence electrons. The van der Waals surface area contributed by atoms with Crippen molar-refractivity contribution in [3.8, 4) is 11.5 Å². The van der Waals surface area contributed by atoms with Crippen LogP contribution in [0.4, 0.5) is 0 Å². The molecule has 0 aliphatic carbocycles. The topological polar surface area (TPSA) is 54.6 Å². The van der Waals surface area contributed by atoms with Crippen LogP contribution < -0.4 is 10.1 Å².